The summed E-state index contributed by atoms with van der Waals surface area (Å²) in [6.45, 7) is 19.7. The number of rotatable bonds is 8. The molecule has 6 rings (SSSR count). The summed E-state index contributed by atoms with van der Waals surface area (Å²) in [5.41, 5.74) is 4.20. The van der Waals surface area contributed by atoms with Crippen LogP contribution in [-0.2, 0) is 36.7 Å². The Hall–Kier alpha value is -2.57. The normalized spacial score (nSPS) is 13.7. The zero-order valence-corrected chi connectivity index (χ0v) is 33.3. The second-order valence-corrected chi connectivity index (χ2v) is 16.1. The van der Waals surface area contributed by atoms with Crippen molar-refractivity contribution in [3.63, 3.8) is 0 Å². The number of ether oxygens (including phenoxy) is 1. The summed E-state index contributed by atoms with van der Waals surface area (Å²) in [6, 6.07) is 14.7. The predicted molar refractivity (Wildman–Crippen MR) is 198 cm³/mol. The van der Waals surface area contributed by atoms with Crippen molar-refractivity contribution in [2.45, 2.75) is 99.8 Å². The molecule has 1 aliphatic heterocycles. The molecule has 5 aromatic rings. The fourth-order valence-electron chi connectivity index (χ4n) is 6.02. The Bertz CT molecular complexity index is 1920. The zero-order valence-electron chi connectivity index (χ0n) is 29.2. The number of hydrogen-bond donors (Lipinski definition) is 1. The molecule has 1 N–H and O–H groups in total. The van der Waals surface area contributed by atoms with Gasteiger partial charge in [-0.05, 0) is 64.3 Å². The zero-order chi connectivity index (χ0) is 33.4. The SMILES string of the molecule is CC(C)(C)c1cc(-c2nccc3sc4ccc5c(c4c23)OCC5)[c-]c2ccsc12.CCC(C)(CC)C(=O)/C=C(\O)C(C)(CC)CC.[Ir]. The molecular formula is C40H48IrNO3S2-. The maximum Gasteiger partial charge on any atom is 0.164 e. The molecule has 0 saturated carbocycles. The van der Waals surface area contributed by atoms with Crippen molar-refractivity contribution in [2.75, 3.05) is 6.61 Å². The summed E-state index contributed by atoms with van der Waals surface area (Å²) in [6.07, 6.45) is 7.67. The van der Waals surface area contributed by atoms with Crippen LogP contribution in [0.15, 0.2) is 53.7 Å². The van der Waals surface area contributed by atoms with Crippen molar-refractivity contribution < 1.29 is 34.7 Å². The molecule has 1 aliphatic rings. The second kappa shape index (κ2) is 14.5. The Morgan fingerprint density at radius 1 is 0.957 bits per heavy atom. The molecule has 47 heavy (non-hydrogen) atoms. The first kappa shape index (κ1) is 37.3. The topological polar surface area (TPSA) is 59.4 Å². The third-order valence-corrected chi connectivity index (χ3v) is 12.4. The van der Waals surface area contributed by atoms with Gasteiger partial charge in [-0.2, -0.15) is 11.3 Å². The van der Waals surface area contributed by atoms with Crippen molar-refractivity contribution in [3.05, 3.63) is 70.9 Å². The molecular weight excluding hydrogens is 799 g/mol. The first-order valence-corrected chi connectivity index (χ1v) is 18.4. The number of aliphatic hydroxyl groups is 1. The number of carbonyl (C=O) groups excluding carboxylic acids is 1. The molecule has 1 radical (unpaired) electrons. The van der Waals surface area contributed by atoms with Gasteiger partial charge >= 0.3 is 0 Å². The van der Waals surface area contributed by atoms with E-state index in [-0.39, 0.29) is 47.9 Å². The molecule has 0 unspecified atom stereocenters. The van der Waals surface area contributed by atoms with Crippen molar-refractivity contribution in [3.8, 4) is 17.0 Å². The van der Waals surface area contributed by atoms with Gasteiger partial charge in [0.25, 0.3) is 0 Å². The van der Waals surface area contributed by atoms with E-state index in [2.05, 4.69) is 62.5 Å². The van der Waals surface area contributed by atoms with Gasteiger partial charge in [0.1, 0.15) is 11.5 Å². The molecule has 253 valence electrons. The molecule has 0 bridgehead atoms. The monoisotopic (exact) mass is 847 g/mol. The van der Waals surface area contributed by atoms with Gasteiger partial charge in [-0.15, -0.1) is 34.9 Å². The van der Waals surface area contributed by atoms with Crippen LogP contribution in [0.2, 0.25) is 0 Å². The number of carbonyl (C=O) groups is 1. The second-order valence-electron chi connectivity index (χ2n) is 14.1. The van der Waals surface area contributed by atoms with Crippen molar-refractivity contribution in [2.24, 2.45) is 10.8 Å². The Kier molecular flexibility index (Phi) is 11.5. The first-order chi connectivity index (χ1) is 21.8. The molecule has 3 aromatic heterocycles. The van der Waals surface area contributed by atoms with Crippen LogP contribution in [0.3, 0.4) is 0 Å². The number of nitrogens with zero attached hydrogens (tertiary/aromatic N) is 1. The predicted octanol–water partition coefficient (Wildman–Crippen LogP) is 12.0. The van der Waals surface area contributed by atoms with Crippen molar-refractivity contribution in [1.82, 2.24) is 4.98 Å². The standard InChI is InChI=1S/C25H20NOS2.C15H28O2.Ir/c1-25(2,3)17-13-16(12-15-8-11-28-24(15)17)22-20-19(6-9-26-22)29-18-5-4-14-7-10-27-23(14)21(18)20;1-7-14(5,8-2)12(16)11-13(17)15(6,9-3)10-4;/h4-6,8-9,11,13H,7,10H2,1-3H3;11,16H,7-10H2,1-6H3;/q-1;;/b;12-11-;. The van der Waals surface area contributed by atoms with E-state index in [1.54, 1.807) is 11.3 Å². The maximum absolute atomic E-state index is 12.2. The number of ketones is 1. The smallest absolute Gasteiger partial charge is 0.164 e. The molecule has 2 aromatic carbocycles. The van der Waals surface area contributed by atoms with E-state index in [0.717, 1.165) is 55.7 Å². The van der Waals surface area contributed by atoms with Crippen LogP contribution in [0.1, 0.15) is 99.1 Å². The number of aliphatic hydroxyl groups excluding tert-OH is 1. The van der Waals surface area contributed by atoms with Gasteiger partial charge in [-0.3, -0.25) is 9.78 Å². The largest absolute Gasteiger partial charge is 0.512 e. The molecule has 4 nitrogen and oxygen atoms in total. The van der Waals surface area contributed by atoms with Crippen LogP contribution < -0.4 is 4.74 Å². The van der Waals surface area contributed by atoms with E-state index in [1.165, 1.54) is 47.5 Å². The molecule has 0 saturated heterocycles. The summed E-state index contributed by atoms with van der Waals surface area (Å²) in [5.74, 6) is 1.34. The van der Waals surface area contributed by atoms with Gasteiger partial charge in [0.15, 0.2) is 5.78 Å². The van der Waals surface area contributed by atoms with Crippen LogP contribution in [0.25, 0.3) is 41.5 Å². The van der Waals surface area contributed by atoms with Gasteiger partial charge < -0.3 is 9.84 Å². The molecule has 0 fully saturated rings. The first-order valence-electron chi connectivity index (χ1n) is 16.7. The number of aromatic nitrogens is 1. The number of fused-ring (bicyclic) bond motifs is 6. The van der Waals surface area contributed by atoms with Crippen LogP contribution in [0, 0.1) is 16.9 Å². The summed E-state index contributed by atoms with van der Waals surface area (Å²) in [4.78, 5) is 17.0. The maximum atomic E-state index is 12.2. The van der Waals surface area contributed by atoms with Gasteiger partial charge in [0.05, 0.1) is 6.61 Å². The molecule has 4 heterocycles. The van der Waals surface area contributed by atoms with Gasteiger partial charge in [-0.1, -0.05) is 79.5 Å². The Balaban J connectivity index is 0.000000242. The van der Waals surface area contributed by atoms with E-state index >= 15 is 0 Å². The quantitative estimate of drug-likeness (QED) is 0.0960. The number of hydrogen-bond acceptors (Lipinski definition) is 6. The third kappa shape index (κ3) is 7.10. The van der Waals surface area contributed by atoms with E-state index in [9.17, 15) is 9.90 Å². The summed E-state index contributed by atoms with van der Waals surface area (Å²) >= 11 is 3.62. The fraction of sp³-hybridized carbons (Fsp3) is 0.450. The molecule has 0 atom stereocenters. The van der Waals surface area contributed by atoms with Gasteiger partial charge in [-0.25, -0.2) is 0 Å². The van der Waals surface area contributed by atoms with E-state index in [1.807, 2.05) is 59.1 Å². The Morgan fingerprint density at radius 3 is 2.26 bits per heavy atom. The average molecular weight is 847 g/mol. The third-order valence-electron chi connectivity index (χ3n) is 10.3. The van der Waals surface area contributed by atoms with Crippen LogP contribution in [0.4, 0.5) is 0 Å². The van der Waals surface area contributed by atoms with Crippen molar-refractivity contribution >= 4 is 58.7 Å². The van der Waals surface area contributed by atoms with E-state index in [4.69, 9.17) is 9.72 Å². The minimum absolute atomic E-state index is 0. The molecule has 0 aliphatic carbocycles. The molecule has 7 heteroatoms. The van der Waals surface area contributed by atoms with Crippen LogP contribution >= 0.6 is 22.7 Å². The molecule has 0 spiro atoms. The van der Waals surface area contributed by atoms with Crippen molar-refractivity contribution in [1.29, 1.82) is 0 Å². The van der Waals surface area contributed by atoms with Gasteiger partial charge in [0, 0.05) is 70.1 Å². The summed E-state index contributed by atoms with van der Waals surface area (Å²) < 4.78 is 9.92. The number of allylic oxidation sites excluding steroid dienone is 2. The van der Waals surface area contributed by atoms with Gasteiger partial charge in [0.2, 0.25) is 0 Å². The fourth-order valence-corrected chi connectivity index (χ4v) is 8.20. The number of thiophene rings is 2. The molecule has 0 amide bonds. The Labute approximate surface area is 302 Å². The number of pyridine rings is 1. The van der Waals surface area contributed by atoms with Crippen LogP contribution in [0.5, 0.6) is 5.75 Å². The summed E-state index contributed by atoms with van der Waals surface area (Å²) in [5, 5.41) is 15.9. The minimum atomic E-state index is -0.337. The summed E-state index contributed by atoms with van der Waals surface area (Å²) in [7, 11) is 0. The number of benzene rings is 2. The van der Waals surface area contributed by atoms with E-state index < -0.39 is 0 Å². The Morgan fingerprint density at radius 2 is 1.62 bits per heavy atom. The van der Waals surface area contributed by atoms with E-state index in [0.29, 0.717) is 0 Å². The average Bonchev–Trinajstić information content (AvgIpc) is 3.80. The minimum Gasteiger partial charge on any atom is -0.512 e. The van der Waals surface area contributed by atoms with Crippen LogP contribution in [-0.4, -0.2) is 22.5 Å².